The highest BCUT2D eigenvalue weighted by Gasteiger charge is 2.20. The number of thioether (sulfide) groups is 1. The summed E-state index contributed by atoms with van der Waals surface area (Å²) in [6.45, 7) is 0. The second-order valence-corrected chi connectivity index (χ2v) is 6.59. The minimum absolute atomic E-state index is 0.562. The number of aromatic nitrogens is 1. The molecule has 1 fully saturated rings. The number of hydrogen-bond acceptors (Lipinski definition) is 4. The molecule has 1 aromatic heterocycles. The van der Waals surface area contributed by atoms with Gasteiger partial charge in [-0.15, -0.1) is 0 Å². The van der Waals surface area contributed by atoms with Gasteiger partial charge in [0.2, 0.25) is 0 Å². The molecule has 1 aliphatic rings. The smallest absolute Gasteiger partial charge is 0.0953 e. The maximum Gasteiger partial charge on any atom is 0.0953 e. The minimum Gasteiger partial charge on any atom is -0.398 e. The Kier molecular flexibility index (Phi) is 4.01. The van der Waals surface area contributed by atoms with Crippen LogP contribution in [0.3, 0.4) is 0 Å². The first-order chi connectivity index (χ1) is 9.78. The Balaban J connectivity index is 1.80. The molecule has 1 aliphatic carbocycles. The average molecular weight is 287 g/mol. The molecule has 3 nitrogen and oxygen atoms in total. The molecule has 0 saturated heterocycles. The highest BCUT2D eigenvalue weighted by atomic mass is 32.2. The van der Waals surface area contributed by atoms with Crippen LogP contribution in [0, 0.1) is 0 Å². The van der Waals surface area contributed by atoms with Crippen LogP contribution in [0.2, 0.25) is 0 Å². The van der Waals surface area contributed by atoms with E-state index in [0.29, 0.717) is 6.04 Å². The van der Waals surface area contributed by atoms with E-state index in [4.69, 9.17) is 5.73 Å². The van der Waals surface area contributed by atoms with Crippen LogP contribution >= 0.6 is 11.8 Å². The Morgan fingerprint density at radius 3 is 2.75 bits per heavy atom. The van der Waals surface area contributed by atoms with E-state index in [9.17, 15) is 0 Å². The Morgan fingerprint density at radius 1 is 1.20 bits per heavy atom. The fraction of sp³-hybridized carbons (Fsp3) is 0.438. The summed E-state index contributed by atoms with van der Waals surface area (Å²) in [4.78, 5) is 4.49. The molecule has 0 radical (unpaired) electrons. The Morgan fingerprint density at radius 2 is 2.00 bits per heavy atom. The molecule has 3 rings (SSSR count). The number of nitrogens with one attached hydrogen (secondary N) is 1. The van der Waals surface area contributed by atoms with Gasteiger partial charge in [0.15, 0.2) is 0 Å². The van der Waals surface area contributed by atoms with E-state index < -0.39 is 0 Å². The molecule has 0 atom stereocenters. The Bertz CT molecular complexity index is 591. The predicted octanol–water partition coefficient (Wildman–Crippen LogP) is 3.90. The number of rotatable bonds is 3. The van der Waals surface area contributed by atoms with Gasteiger partial charge in [-0.2, -0.15) is 11.8 Å². The number of anilines is 2. The normalized spacial score (nSPS) is 22.9. The number of fused-ring (bicyclic) bond motifs is 1. The highest BCUT2D eigenvalue weighted by Crippen LogP contribution is 2.31. The minimum atomic E-state index is 0.562. The van der Waals surface area contributed by atoms with Gasteiger partial charge in [0, 0.05) is 28.6 Å². The predicted molar refractivity (Wildman–Crippen MR) is 89.3 cm³/mol. The zero-order chi connectivity index (χ0) is 13.9. The van der Waals surface area contributed by atoms with Crippen molar-refractivity contribution in [3.8, 4) is 0 Å². The third-order valence-corrected chi connectivity index (χ3v) is 5.31. The molecule has 106 valence electrons. The first kappa shape index (κ1) is 13.6. The first-order valence-electron chi connectivity index (χ1n) is 7.20. The fourth-order valence-corrected chi connectivity index (χ4v) is 3.72. The van der Waals surface area contributed by atoms with E-state index >= 15 is 0 Å². The lowest BCUT2D eigenvalue weighted by Gasteiger charge is -2.29. The third-order valence-electron chi connectivity index (χ3n) is 4.17. The van der Waals surface area contributed by atoms with Gasteiger partial charge in [0.05, 0.1) is 11.2 Å². The molecule has 1 aromatic carbocycles. The van der Waals surface area contributed by atoms with Crippen molar-refractivity contribution in [2.75, 3.05) is 17.3 Å². The van der Waals surface area contributed by atoms with Crippen molar-refractivity contribution in [2.45, 2.75) is 37.0 Å². The number of benzene rings is 1. The molecule has 0 unspecified atom stereocenters. The van der Waals surface area contributed by atoms with E-state index in [1.807, 2.05) is 36.2 Å². The molecule has 1 saturated carbocycles. The van der Waals surface area contributed by atoms with Crippen molar-refractivity contribution < 1.29 is 0 Å². The molecule has 0 spiro atoms. The fourth-order valence-electron chi connectivity index (χ4n) is 2.97. The van der Waals surface area contributed by atoms with Gasteiger partial charge < -0.3 is 11.1 Å². The lowest BCUT2D eigenvalue weighted by Crippen LogP contribution is -2.27. The average Bonchev–Trinajstić information content (AvgIpc) is 2.51. The summed E-state index contributed by atoms with van der Waals surface area (Å²) in [5.74, 6) is 0. The zero-order valence-corrected chi connectivity index (χ0v) is 12.6. The molecule has 0 bridgehead atoms. The number of nitrogen functional groups attached to an aromatic ring is 1. The van der Waals surface area contributed by atoms with Crippen molar-refractivity contribution in [1.82, 2.24) is 4.98 Å². The molecule has 4 heteroatoms. The SMILES string of the molecule is CSC1CCC(Nc2ccc(N)c3cccnc23)CC1. The molecule has 0 aliphatic heterocycles. The van der Waals surface area contributed by atoms with Crippen LogP contribution in [0.25, 0.3) is 10.9 Å². The van der Waals surface area contributed by atoms with Crippen molar-refractivity contribution in [1.29, 1.82) is 0 Å². The van der Waals surface area contributed by atoms with Crippen molar-refractivity contribution in [2.24, 2.45) is 0 Å². The zero-order valence-electron chi connectivity index (χ0n) is 11.8. The van der Waals surface area contributed by atoms with Gasteiger partial charge in [0.1, 0.15) is 0 Å². The summed E-state index contributed by atoms with van der Waals surface area (Å²) in [5, 5.41) is 5.55. The standard InChI is InChI=1S/C16H21N3S/c1-20-12-6-4-11(5-7-12)19-15-9-8-14(17)13-3-2-10-18-16(13)15/h2-3,8-12,19H,4-7,17H2,1H3. The summed E-state index contributed by atoms with van der Waals surface area (Å²) in [7, 11) is 0. The molecule has 0 amide bonds. The summed E-state index contributed by atoms with van der Waals surface area (Å²) in [6, 6.07) is 8.57. The summed E-state index contributed by atoms with van der Waals surface area (Å²) in [5.41, 5.74) is 8.92. The molecule has 20 heavy (non-hydrogen) atoms. The van der Waals surface area contributed by atoms with Crippen LogP contribution in [-0.4, -0.2) is 22.5 Å². The molecule has 3 N–H and O–H groups in total. The summed E-state index contributed by atoms with van der Waals surface area (Å²) < 4.78 is 0. The quantitative estimate of drug-likeness (QED) is 0.841. The van der Waals surface area contributed by atoms with E-state index in [0.717, 1.165) is 27.5 Å². The lowest BCUT2D eigenvalue weighted by atomic mass is 9.94. The maximum absolute atomic E-state index is 6.02. The van der Waals surface area contributed by atoms with Crippen LogP contribution in [0.15, 0.2) is 30.5 Å². The third kappa shape index (κ3) is 2.70. The highest BCUT2D eigenvalue weighted by molar-refractivity contribution is 7.99. The van der Waals surface area contributed by atoms with Crippen LogP contribution < -0.4 is 11.1 Å². The summed E-state index contributed by atoms with van der Waals surface area (Å²) >= 11 is 2.00. The number of nitrogens with two attached hydrogens (primary N) is 1. The van der Waals surface area contributed by atoms with E-state index in [2.05, 4.69) is 22.6 Å². The van der Waals surface area contributed by atoms with Crippen LogP contribution in [0.4, 0.5) is 11.4 Å². The van der Waals surface area contributed by atoms with Gasteiger partial charge in [-0.25, -0.2) is 0 Å². The van der Waals surface area contributed by atoms with Crippen LogP contribution in [-0.2, 0) is 0 Å². The van der Waals surface area contributed by atoms with Gasteiger partial charge in [-0.05, 0) is 56.2 Å². The van der Waals surface area contributed by atoms with Gasteiger partial charge >= 0.3 is 0 Å². The summed E-state index contributed by atoms with van der Waals surface area (Å²) in [6.07, 6.45) is 9.14. The Labute approximate surface area is 124 Å². The van der Waals surface area contributed by atoms with Crippen LogP contribution in [0.5, 0.6) is 0 Å². The molecule has 1 heterocycles. The number of pyridine rings is 1. The van der Waals surface area contributed by atoms with E-state index in [1.165, 1.54) is 25.7 Å². The molecular weight excluding hydrogens is 266 g/mol. The largest absolute Gasteiger partial charge is 0.398 e. The second kappa shape index (κ2) is 5.92. The monoisotopic (exact) mass is 287 g/mol. The first-order valence-corrected chi connectivity index (χ1v) is 8.49. The van der Waals surface area contributed by atoms with Crippen molar-refractivity contribution in [3.05, 3.63) is 30.5 Å². The van der Waals surface area contributed by atoms with Gasteiger partial charge in [-0.1, -0.05) is 0 Å². The van der Waals surface area contributed by atoms with Gasteiger partial charge in [-0.3, -0.25) is 4.98 Å². The number of hydrogen-bond donors (Lipinski definition) is 2. The molecule has 2 aromatic rings. The second-order valence-electron chi connectivity index (χ2n) is 5.46. The van der Waals surface area contributed by atoms with E-state index in [-0.39, 0.29) is 0 Å². The van der Waals surface area contributed by atoms with Crippen molar-refractivity contribution in [3.63, 3.8) is 0 Å². The van der Waals surface area contributed by atoms with E-state index in [1.54, 1.807) is 0 Å². The molecular formula is C16H21N3S. The lowest BCUT2D eigenvalue weighted by molar-refractivity contribution is 0.473. The van der Waals surface area contributed by atoms with Crippen molar-refractivity contribution >= 4 is 34.0 Å². The van der Waals surface area contributed by atoms with Gasteiger partial charge in [0.25, 0.3) is 0 Å². The topological polar surface area (TPSA) is 50.9 Å². The Hall–Kier alpha value is -1.42. The van der Waals surface area contributed by atoms with Crippen LogP contribution in [0.1, 0.15) is 25.7 Å². The maximum atomic E-state index is 6.02. The number of nitrogens with zero attached hydrogens (tertiary/aromatic N) is 1.